The van der Waals surface area contributed by atoms with Crippen molar-refractivity contribution in [3.8, 4) is 0 Å². The van der Waals surface area contributed by atoms with Gasteiger partial charge in [-0.25, -0.2) is 0 Å². The molecule has 146 valence electrons. The van der Waals surface area contributed by atoms with Gasteiger partial charge in [-0.1, -0.05) is 35.3 Å². The van der Waals surface area contributed by atoms with Crippen LogP contribution in [0.15, 0.2) is 42.5 Å². The number of carbonyl (C=O) groups is 1. The summed E-state index contributed by atoms with van der Waals surface area (Å²) >= 11 is 12.1. The second kappa shape index (κ2) is 7.07. The Balaban J connectivity index is 1.27. The van der Waals surface area contributed by atoms with Crippen molar-refractivity contribution < 1.29 is 4.79 Å². The van der Waals surface area contributed by atoms with E-state index in [2.05, 4.69) is 17.4 Å². The van der Waals surface area contributed by atoms with Gasteiger partial charge in [0, 0.05) is 10.7 Å². The van der Waals surface area contributed by atoms with Crippen molar-refractivity contribution in [3.05, 3.63) is 63.6 Å². The van der Waals surface area contributed by atoms with Crippen molar-refractivity contribution in [1.82, 2.24) is 0 Å². The molecule has 0 aromatic heterocycles. The smallest absolute Gasteiger partial charge is 0.257 e. The Bertz CT molecular complexity index is 870. The topological polar surface area (TPSA) is 29.1 Å². The molecule has 0 atom stereocenters. The fourth-order valence-electron chi connectivity index (χ4n) is 6.52. The summed E-state index contributed by atoms with van der Waals surface area (Å²) in [6.45, 7) is 0. The largest absolute Gasteiger partial charge is 0.322 e. The number of hydrogen-bond acceptors (Lipinski definition) is 1. The molecule has 0 radical (unpaired) electrons. The molecule has 4 aliphatic carbocycles. The van der Waals surface area contributed by atoms with Crippen LogP contribution < -0.4 is 5.32 Å². The highest BCUT2D eigenvalue weighted by molar-refractivity contribution is 6.37. The van der Waals surface area contributed by atoms with Gasteiger partial charge in [0.15, 0.2) is 0 Å². The number of carbonyl (C=O) groups excluding carboxylic acids is 1. The van der Waals surface area contributed by atoms with Crippen LogP contribution in [0.5, 0.6) is 0 Å². The van der Waals surface area contributed by atoms with Gasteiger partial charge in [0.05, 0.1) is 10.6 Å². The summed E-state index contributed by atoms with van der Waals surface area (Å²) in [5.41, 5.74) is 3.16. The van der Waals surface area contributed by atoms with E-state index in [1.54, 1.807) is 18.2 Å². The third-order valence-electron chi connectivity index (χ3n) is 7.13. The second-order valence-corrected chi connectivity index (χ2v) is 10.2. The highest BCUT2D eigenvalue weighted by Crippen LogP contribution is 2.61. The molecule has 4 heteroatoms. The average molecular weight is 414 g/mol. The van der Waals surface area contributed by atoms with Gasteiger partial charge >= 0.3 is 0 Å². The van der Waals surface area contributed by atoms with Gasteiger partial charge in [-0.2, -0.15) is 0 Å². The van der Waals surface area contributed by atoms with Crippen LogP contribution in [-0.4, -0.2) is 5.91 Å². The summed E-state index contributed by atoms with van der Waals surface area (Å²) in [6.07, 6.45) is 9.91. The van der Waals surface area contributed by atoms with Gasteiger partial charge in [0.2, 0.25) is 0 Å². The first kappa shape index (κ1) is 18.5. The maximum absolute atomic E-state index is 12.5. The molecular weight excluding hydrogens is 389 g/mol. The van der Waals surface area contributed by atoms with Crippen LogP contribution >= 0.6 is 23.2 Å². The van der Waals surface area contributed by atoms with Gasteiger partial charge in [0.25, 0.3) is 5.91 Å². The predicted molar refractivity (Wildman–Crippen MR) is 115 cm³/mol. The van der Waals surface area contributed by atoms with Crippen LogP contribution in [0.25, 0.3) is 0 Å². The Hall–Kier alpha value is -1.51. The summed E-state index contributed by atoms with van der Waals surface area (Å²) in [4.78, 5) is 12.5. The minimum absolute atomic E-state index is 0.212. The lowest BCUT2D eigenvalue weighted by atomic mass is 9.48. The zero-order valence-electron chi connectivity index (χ0n) is 15.9. The van der Waals surface area contributed by atoms with E-state index >= 15 is 0 Å². The van der Waals surface area contributed by atoms with E-state index in [0.29, 0.717) is 21.0 Å². The lowest BCUT2D eigenvalue weighted by Gasteiger charge is -2.57. The van der Waals surface area contributed by atoms with Crippen molar-refractivity contribution in [1.29, 1.82) is 0 Å². The molecule has 6 rings (SSSR count). The van der Waals surface area contributed by atoms with Crippen molar-refractivity contribution in [2.45, 2.75) is 44.9 Å². The third-order valence-corrected chi connectivity index (χ3v) is 7.68. The minimum atomic E-state index is -0.212. The molecule has 4 fully saturated rings. The molecule has 1 amide bonds. The van der Waals surface area contributed by atoms with Crippen molar-refractivity contribution in [2.24, 2.45) is 23.2 Å². The number of anilines is 1. The standard InChI is InChI=1S/C24H25Cl2NO/c25-19-3-6-21(22(26)10-19)23(28)27-20-4-1-15(2-5-20)11-24-12-16-7-17(13-24)9-18(8-16)14-24/h1-6,10,16-18H,7-9,11-14H2,(H,27,28). The molecule has 0 saturated heterocycles. The fourth-order valence-corrected chi connectivity index (χ4v) is 7.01. The van der Waals surface area contributed by atoms with Gasteiger partial charge in [0.1, 0.15) is 0 Å². The van der Waals surface area contributed by atoms with Crippen LogP contribution in [0.2, 0.25) is 10.0 Å². The van der Waals surface area contributed by atoms with Gasteiger partial charge in [-0.3, -0.25) is 4.79 Å². The maximum atomic E-state index is 12.5. The van der Waals surface area contributed by atoms with Crippen LogP contribution in [0.1, 0.15) is 54.4 Å². The third kappa shape index (κ3) is 3.57. The first-order chi connectivity index (χ1) is 13.5. The van der Waals surface area contributed by atoms with Gasteiger partial charge < -0.3 is 5.32 Å². The summed E-state index contributed by atoms with van der Waals surface area (Å²) in [5, 5.41) is 3.83. The predicted octanol–water partition coefficient (Wildman–Crippen LogP) is 7.00. The van der Waals surface area contributed by atoms with Crippen LogP contribution in [0, 0.1) is 23.2 Å². The maximum Gasteiger partial charge on any atom is 0.257 e. The highest BCUT2D eigenvalue weighted by Gasteiger charge is 2.50. The monoisotopic (exact) mass is 413 g/mol. The molecule has 4 saturated carbocycles. The minimum Gasteiger partial charge on any atom is -0.322 e. The second-order valence-electron chi connectivity index (χ2n) is 9.37. The number of benzene rings is 2. The molecule has 0 spiro atoms. The van der Waals surface area contributed by atoms with Crippen LogP contribution in [0.4, 0.5) is 5.69 Å². The average Bonchev–Trinajstić information content (AvgIpc) is 2.62. The Morgan fingerprint density at radius 3 is 2.11 bits per heavy atom. The molecule has 0 heterocycles. The fraction of sp³-hybridized carbons (Fsp3) is 0.458. The quantitative estimate of drug-likeness (QED) is 0.573. The van der Waals surface area contributed by atoms with Crippen molar-refractivity contribution in [2.75, 3.05) is 5.32 Å². The molecule has 2 nitrogen and oxygen atoms in total. The van der Waals surface area contributed by atoms with Crippen LogP contribution in [-0.2, 0) is 6.42 Å². The summed E-state index contributed by atoms with van der Waals surface area (Å²) in [7, 11) is 0. The summed E-state index contributed by atoms with van der Waals surface area (Å²) in [5.74, 6) is 2.73. The molecule has 0 unspecified atom stereocenters. The number of amides is 1. The van der Waals surface area contributed by atoms with E-state index in [9.17, 15) is 4.79 Å². The lowest BCUT2D eigenvalue weighted by Crippen LogP contribution is -2.47. The number of nitrogens with one attached hydrogen (secondary N) is 1. The van der Waals surface area contributed by atoms with Crippen LogP contribution in [0.3, 0.4) is 0 Å². The van der Waals surface area contributed by atoms with Crippen molar-refractivity contribution in [3.63, 3.8) is 0 Å². The Morgan fingerprint density at radius 2 is 1.54 bits per heavy atom. The molecule has 2 aromatic carbocycles. The molecule has 0 aliphatic heterocycles. The summed E-state index contributed by atoms with van der Waals surface area (Å²) < 4.78 is 0. The van der Waals surface area contributed by atoms with Crippen molar-refractivity contribution >= 4 is 34.8 Å². The highest BCUT2D eigenvalue weighted by atomic mass is 35.5. The first-order valence-corrected chi connectivity index (χ1v) is 11.1. The molecule has 4 aliphatic rings. The Labute approximate surface area is 176 Å². The normalized spacial score (nSPS) is 30.4. The molecular formula is C24H25Cl2NO. The zero-order valence-corrected chi connectivity index (χ0v) is 17.4. The van der Waals surface area contributed by atoms with E-state index in [4.69, 9.17) is 23.2 Å². The number of hydrogen-bond donors (Lipinski definition) is 1. The SMILES string of the molecule is O=C(Nc1ccc(CC23CC4CC(CC(C4)C2)C3)cc1)c1ccc(Cl)cc1Cl. The Morgan fingerprint density at radius 1 is 0.929 bits per heavy atom. The number of halogens is 2. The molecule has 2 aromatic rings. The molecule has 4 bridgehead atoms. The Kier molecular flexibility index (Phi) is 4.68. The van der Waals surface area contributed by atoms with E-state index in [1.807, 2.05) is 12.1 Å². The van der Waals surface area contributed by atoms with E-state index in [1.165, 1.54) is 50.5 Å². The van der Waals surface area contributed by atoms with E-state index in [0.717, 1.165) is 23.4 Å². The number of rotatable bonds is 4. The zero-order chi connectivity index (χ0) is 19.3. The first-order valence-electron chi connectivity index (χ1n) is 10.3. The molecule has 1 N–H and O–H groups in total. The summed E-state index contributed by atoms with van der Waals surface area (Å²) in [6, 6.07) is 13.3. The van der Waals surface area contributed by atoms with Gasteiger partial charge in [-0.15, -0.1) is 0 Å². The van der Waals surface area contributed by atoms with E-state index in [-0.39, 0.29) is 5.91 Å². The molecule has 28 heavy (non-hydrogen) atoms. The van der Waals surface area contributed by atoms with Gasteiger partial charge in [-0.05, 0) is 104 Å². The lowest BCUT2D eigenvalue weighted by molar-refractivity contribution is -0.0521. The van der Waals surface area contributed by atoms with E-state index < -0.39 is 0 Å².